The van der Waals surface area contributed by atoms with Crippen LogP contribution >= 0.6 is 7.75 Å². The smallest absolute Gasteiger partial charge is 0.459 e. The number of rotatable bonds is 11. The molecule has 0 radical (unpaired) electrons. The molecule has 2 N–H and O–H groups in total. The summed E-state index contributed by atoms with van der Waals surface area (Å²) in [4.78, 5) is 36.9. The third-order valence-corrected chi connectivity index (χ3v) is 8.17. The number of benzene rings is 2. The van der Waals surface area contributed by atoms with Crippen LogP contribution in [0, 0.1) is 0 Å². The number of halogens is 3. The molecule has 228 valence electrons. The van der Waals surface area contributed by atoms with Crippen LogP contribution in [0.5, 0.6) is 5.75 Å². The first-order chi connectivity index (χ1) is 19.8. The molecule has 42 heavy (non-hydrogen) atoms. The van der Waals surface area contributed by atoms with Crippen LogP contribution in [-0.2, 0) is 32.9 Å². The summed E-state index contributed by atoms with van der Waals surface area (Å²) in [6.07, 6.45) is -10.0. The third-order valence-electron chi connectivity index (χ3n) is 6.56. The summed E-state index contributed by atoms with van der Waals surface area (Å²) in [5.41, 5.74) is -3.22. The van der Waals surface area contributed by atoms with E-state index in [0.717, 1.165) is 12.3 Å². The van der Waals surface area contributed by atoms with Gasteiger partial charge in [0.05, 0.1) is 19.1 Å². The molecule has 2 heterocycles. The third kappa shape index (κ3) is 6.52. The Morgan fingerprint density at radius 3 is 2.55 bits per heavy atom. The standard InChI is InChI=1S/C27H30F3N2O9P/c1-15(2)39-25(36)16(3)31-42(37,41-20-10-6-8-17-7-4-5-9-19(17)20)38-14-27(26(29)30)23(28)22(35)24(40-27)32-12-11-18(33)13-21(32)34/h4-12,15-16,22-24,26,35H,13-14H2,1-3H3,(H,31,37)/t16-,22+,23+,24+,27+,42?/m0/s1. The number of allylic oxidation sites excluding steroid dienone is 1. The Morgan fingerprint density at radius 2 is 1.88 bits per heavy atom. The van der Waals surface area contributed by atoms with Gasteiger partial charge in [0.1, 0.15) is 17.9 Å². The number of carbonyl (C=O) groups is 3. The quantitative estimate of drug-likeness (QED) is 0.219. The second-order valence-electron chi connectivity index (χ2n) is 10.1. The van der Waals surface area contributed by atoms with E-state index in [-0.39, 0.29) is 5.75 Å². The normalized spacial score (nSPS) is 26.6. The van der Waals surface area contributed by atoms with Gasteiger partial charge in [0, 0.05) is 11.6 Å². The number of nitrogens with zero attached hydrogens (tertiary/aromatic N) is 1. The van der Waals surface area contributed by atoms with Crippen LogP contribution in [0.4, 0.5) is 13.2 Å². The zero-order chi connectivity index (χ0) is 30.8. The van der Waals surface area contributed by atoms with E-state index in [1.807, 2.05) is 0 Å². The number of nitrogens with one attached hydrogen (secondary N) is 1. The molecule has 11 nitrogen and oxygen atoms in total. The molecular formula is C27H30F3N2O9P. The molecule has 15 heteroatoms. The predicted molar refractivity (Wildman–Crippen MR) is 142 cm³/mol. The first-order valence-electron chi connectivity index (χ1n) is 13.0. The fraction of sp³-hybridized carbons (Fsp3) is 0.444. The largest absolute Gasteiger partial charge is 0.462 e. The van der Waals surface area contributed by atoms with Crippen LogP contribution in [0.1, 0.15) is 27.2 Å². The highest BCUT2D eigenvalue weighted by Gasteiger charge is 2.64. The Kier molecular flexibility index (Phi) is 9.43. The molecule has 0 aromatic heterocycles. The minimum atomic E-state index is -4.80. The number of aliphatic hydroxyl groups is 1. The fourth-order valence-corrected chi connectivity index (χ4v) is 5.99. The van der Waals surface area contributed by atoms with Crippen molar-refractivity contribution in [3.63, 3.8) is 0 Å². The highest BCUT2D eigenvalue weighted by molar-refractivity contribution is 7.52. The van der Waals surface area contributed by atoms with E-state index >= 15 is 4.39 Å². The van der Waals surface area contributed by atoms with Crippen molar-refractivity contribution in [3.8, 4) is 5.75 Å². The summed E-state index contributed by atoms with van der Waals surface area (Å²) >= 11 is 0. The number of ketones is 1. The zero-order valence-corrected chi connectivity index (χ0v) is 23.7. The van der Waals surface area contributed by atoms with Crippen molar-refractivity contribution in [2.45, 2.75) is 69.9 Å². The van der Waals surface area contributed by atoms with Crippen molar-refractivity contribution in [2.75, 3.05) is 6.61 Å². The van der Waals surface area contributed by atoms with E-state index in [1.54, 1.807) is 50.2 Å². The molecule has 0 spiro atoms. The Hall–Kier alpha value is -3.29. The van der Waals surface area contributed by atoms with Crippen molar-refractivity contribution in [1.29, 1.82) is 0 Å². The first kappa shape index (κ1) is 31.6. The van der Waals surface area contributed by atoms with Crippen LogP contribution in [0.15, 0.2) is 54.7 Å². The van der Waals surface area contributed by atoms with Crippen molar-refractivity contribution >= 4 is 36.2 Å². The molecule has 0 aliphatic carbocycles. The SMILES string of the molecule is CC(C)OC(=O)[C@H](C)NP(=O)(OC[C@@]1(C(F)F)O[C@@H](N2C=CC(=O)CC2=O)[C@H](O)[C@H]1F)Oc1cccc2ccccc12. The molecule has 1 amide bonds. The van der Waals surface area contributed by atoms with Gasteiger partial charge >= 0.3 is 13.7 Å². The van der Waals surface area contributed by atoms with Crippen LogP contribution < -0.4 is 9.61 Å². The molecule has 6 atom stereocenters. The van der Waals surface area contributed by atoms with Crippen molar-refractivity contribution in [2.24, 2.45) is 0 Å². The summed E-state index contributed by atoms with van der Waals surface area (Å²) in [7, 11) is -4.80. The van der Waals surface area contributed by atoms with Gasteiger partial charge in [0.2, 0.25) is 5.91 Å². The monoisotopic (exact) mass is 614 g/mol. The predicted octanol–water partition coefficient (Wildman–Crippen LogP) is 3.65. The highest BCUT2D eigenvalue weighted by atomic mass is 31.2. The van der Waals surface area contributed by atoms with Gasteiger partial charge in [0.15, 0.2) is 23.8 Å². The lowest BCUT2D eigenvalue weighted by atomic mass is 9.98. The number of aliphatic hydroxyl groups excluding tert-OH is 1. The summed E-state index contributed by atoms with van der Waals surface area (Å²) in [5.74, 6) is -2.35. The summed E-state index contributed by atoms with van der Waals surface area (Å²) in [6.45, 7) is 3.00. The lowest BCUT2D eigenvalue weighted by molar-refractivity contribution is -0.193. The maximum atomic E-state index is 15.5. The molecule has 2 aromatic rings. The molecule has 2 aromatic carbocycles. The van der Waals surface area contributed by atoms with Gasteiger partial charge in [-0.1, -0.05) is 36.4 Å². The van der Waals surface area contributed by atoms with Gasteiger partial charge in [0.25, 0.3) is 6.43 Å². The van der Waals surface area contributed by atoms with Crippen LogP contribution in [0.3, 0.4) is 0 Å². The van der Waals surface area contributed by atoms with E-state index in [0.29, 0.717) is 15.7 Å². The zero-order valence-electron chi connectivity index (χ0n) is 22.8. The van der Waals surface area contributed by atoms with Crippen molar-refractivity contribution in [3.05, 3.63) is 54.7 Å². The number of carbonyl (C=O) groups excluding carboxylic acids is 3. The van der Waals surface area contributed by atoms with Crippen molar-refractivity contribution < 1.29 is 55.7 Å². The summed E-state index contributed by atoms with van der Waals surface area (Å²) < 4.78 is 79.9. The van der Waals surface area contributed by atoms with Gasteiger partial charge in [-0.15, -0.1) is 0 Å². The Labute approximate surface area is 239 Å². The molecule has 1 fully saturated rings. The maximum absolute atomic E-state index is 15.5. The second-order valence-corrected chi connectivity index (χ2v) is 11.8. The first-order valence-corrected chi connectivity index (χ1v) is 14.5. The molecular weight excluding hydrogens is 584 g/mol. The van der Waals surface area contributed by atoms with E-state index in [2.05, 4.69) is 5.09 Å². The number of alkyl halides is 3. The minimum absolute atomic E-state index is 0.00442. The molecule has 1 unspecified atom stereocenters. The average Bonchev–Trinajstić information content (AvgIpc) is 3.18. The van der Waals surface area contributed by atoms with Crippen LogP contribution in [0.25, 0.3) is 10.8 Å². The van der Waals surface area contributed by atoms with E-state index in [4.69, 9.17) is 18.5 Å². The topological polar surface area (TPSA) is 141 Å². The second kappa shape index (κ2) is 12.5. The maximum Gasteiger partial charge on any atom is 0.459 e. The molecule has 0 bridgehead atoms. The molecule has 2 aliphatic rings. The summed E-state index contributed by atoms with van der Waals surface area (Å²) in [6, 6.07) is 10.2. The lowest BCUT2D eigenvalue weighted by Gasteiger charge is -2.33. The Bertz CT molecular complexity index is 1420. The summed E-state index contributed by atoms with van der Waals surface area (Å²) in [5, 5.41) is 14.0. The average molecular weight is 615 g/mol. The molecule has 2 aliphatic heterocycles. The molecule has 4 rings (SSSR count). The van der Waals surface area contributed by atoms with Gasteiger partial charge in [-0.2, -0.15) is 5.09 Å². The van der Waals surface area contributed by atoms with Gasteiger partial charge in [-0.3, -0.25) is 23.8 Å². The van der Waals surface area contributed by atoms with Crippen LogP contribution in [0.2, 0.25) is 0 Å². The van der Waals surface area contributed by atoms with E-state index in [1.165, 1.54) is 13.0 Å². The number of amides is 1. The Balaban J connectivity index is 1.65. The van der Waals surface area contributed by atoms with Gasteiger partial charge in [-0.05, 0) is 38.3 Å². The van der Waals surface area contributed by atoms with Crippen LogP contribution in [-0.4, -0.2) is 76.9 Å². The van der Waals surface area contributed by atoms with E-state index in [9.17, 15) is 32.8 Å². The lowest BCUT2D eigenvalue weighted by Crippen LogP contribution is -2.51. The minimum Gasteiger partial charge on any atom is -0.462 e. The fourth-order valence-electron chi connectivity index (χ4n) is 4.44. The van der Waals surface area contributed by atoms with Gasteiger partial charge < -0.3 is 19.1 Å². The van der Waals surface area contributed by atoms with Crippen molar-refractivity contribution in [1.82, 2.24) is 9.99 Å². The highest BCUT2D eigenvalue weighted by Crippen LogP contribution is 2.50. The number of fused-ring (bicyclic) bond motifs is 1. The van der Waals surface area contributed by atoms with Gasteiger partial charge in [-0.25, -0.2) is 17.7 Å². The molecule has 0 saturated carbocycles. The number of esters is 1. The molecule has 1 saturated heterocycles. The number of hydrogen-bond acceptors (Lipinski definition) is 9. The number of ether oxygens (including phenoxy) is 2. The Morgan fingerprint density at radius 1 is 1.19 bits per heavy atom. The van der Waals surface area contributed by atoms with E-state index < -0.39 is 81.1 Å². The number of hydrogen-bond donors (Lipinski definition) is 2.